The molecular formula is C23H28N6O. The van der Waals surface area contributed by atoms with Crippen LogP contribution >= 0.6 is 0 Å². The number of carbonyl (C=O) groups is 1. The van der Waals surface area contributed by atoms with Crippen LogP contribution in [0.15, 0.2) is 60.7 Å². The van der Waals surface area contributed by atoms with Crippen molar-refractivity contribution in [1.29, 1.82) is 0 Å². The molecule has 1 aromatic heterocycles. The van der Waals surface area contributed by atoms with E-state index in [0.717, 1.165) is 43.1 Å². The third-order valence-corrected chi connectivity index (χ3v) is 4.73. The van der Waals surface area contributed by atoms with Crippen LogP contribution < -0.4 is 21.3 Å². The molecule has 7 nitrogen and oxygen atoms in total. The molecule has 1 fully saturated rings. The van der Waals surface area contributed by atoms with Crippen LogP contribution in [-0.4, -0.2) is 42.3 Å². The Morgan fingerprint density at radius 1 is 0.967 bits per heavy atom. The van der Waals surface area contributed by atoms with E-state index in [9.17, 15) is 4.79 Å². The Bertz CT molecular complexity index is 953. The summed E-state index contributed by atoms with van der Waals surface area (Å²) in [5.74, 6) is 0.444. The van der Waals surface area contributed by atoms with Gasteiger partial charge in [-0.3, -0.25) is 4.79 Å². The molecule has 0 atom stereocenters. The number of benzene rings is 2. The summed E-state index contributed by atoms with van der Waals surface area (Å²) in [6, 6.07) is 19.0. The van der Waals surface area contributed by atoms with E-state index in [-0.39, 0.29) is 11.6 Å². The lowest BCUT2D eigenvalue weighted by Gasteiger charge is -2.27. The van der Waals surface area contributed by atoms with Crippen molar-refractivity contribution in [2.45, 2.75) is 13.8 Å². The predicted molar refractivity (Wildman–Crippen MR) is 123 cm³/mol. The average molecular weight is 405 g/mol. The predicted octanol–water partition coefficient (Wildman–Crippen LogP) is 3.41. The lowest BCUT2D eigenvalue weighted by Crippen LogP contribution is -2.44. The lowest BCUT2D eigenvalue weighted by atomic mass is 10.0. The van der Waals surface area contributed by atoms with Gasteiger partial charge in [-0.25, -0.2) is 0 Å². The highest BCUT2D eigenvalue weighted by Gasteiger charge is 2.15. The fourth-order valence-corrected chi connectivity index (χ4v) is 3.17. The van der Waals surface area contributed by atoms with Gasteiger partial charge in [-0.1, -0.05) is 50.2 Å². The number of amides is 1. The van der Waals surface area contributed by atoms with Gasteiger partial charge >= 0.3 is 0 Å². The standard InChI is InChI=1S/C21H22N6O.C2H6/c22-17-7-6-16(15-4-2-1-3-5-15)14-19(17)24-21(28)18-8-9-20(26-25-18)27-12-10-23-11-13-27;1-2/h1-9,14,23H,10-13,22H2,(H,24,28);1-2H3. The van der Waals surface area contributed by atoms with Crippen LogP contribution in [0.5, 0.6) is 0 Å². The molecule has 2 aromatic carbocycles. The van der Waals surface area contributed by atoms with Gasteiger partial charge in [0.15, 0.2) is 11.5 Å². The normalized spacial score (nSPS) is 13.2. The molecule has 4 N–H and O–H groups in total. The van der Waals surface area contributed by atoms with E-state index in [1.807, 2.05) is 62.4 Å². The van der Waals surface area contributed by atoms with Gasteiger partial charge in [0.2, 0.25) is 0 Å². The minimum atomic E-state index is -0.337. The summed E-state index contributed by atoms with van der Waals surface area (Å²) in [4.78, 5) is 14.8. The fraction of sp³-hybridized carbons (Fsp3) is 0.261. The molecule has 1 aliphatic heterocycles. The largest absolute Gasteiger partial charge is 0.397 e. The zero-order valence-electron chi connectivity index (χ0n) is 17.4. The first-order valence-corrected chi connectivity index (χ1v) is 10.3. The molecular weight excluding hydrogens is 376 g/mol. The van der Waals surface area contributed by atoms with Crippen LogP contribution in [-0.2, 0) is 0 Å². The number of aromatic nitrogens is 2. The Morgan fingerprint density at radius 2 is 1.70 bits per heavy atom. The first kappa shape index (κ1) is 21.3. The highest BCUT2D eigenvalue weighted by molar-refractivity contribution is 6.04. The Labute approximate surface area is 177 Å². The molecule has 7 heteroatoms. The summed E-state index contributed by atoms with van der Waals surface area (Å²) in [6.07, 6.45) is 0. The first-order valence-electron chi connectivity index (χ1n) is 10.3. The maximum Gasteiger partial charge on any atom is 0.276 e. The summed E-state index contributed by atoms with van der Waals surface area (Å²) in [5.41, 5.74) is 9.39. The van der Waals surface area contributed by atoms with Gasteiger partial charge in [0.25, 0.3) is 5.91 Å². The molecule has 0 spiro atoms. The number of anilines is 3. The molecule has 4 rings (SSSR count). The SMILES string of the molecule is CC.Nc1ccc(-c2ccccc2)cc1NC(=O)c1ccc(N2CCNCC2)nn1. The first-order chi connectivity index (χ1) is 14.7. The second-order valence-electron chi connectivity index (χ2n) is 6.64. The van der Waals surface area contributed by atoms with E-state index in [4.69, 9.17) is 5.73 Å². The molecule has 1 amide bonds. The molecule has 0 radical (unpaired) electrons. The minimum Gasteiger partial charge on any atom is -0.397 e. The van der Waals surface area contributed by atoms with E-state index < -0.39 is 0 Å². The second-order valence-corrected chi connectivity index (χ2v) is 6.64. The third-order valence-electron chi connectivity index (χ3n) is 4.73. The highest BCUT2D eigenvalue weighted by Crippen LogP contribution is 2.27. The quantitative estimate of drug-likeness (QED) is 0.577. The second kappa shape index (κ2) is 10.4. The van der Waals surface area contributed by atoms with Crippen molar-refractivity contribution in [2.75, 3.05) is 42.1 Å². The summed E-state index contributed by atoms with van der Waals surface area (Å²) in [6.45, 7) is 7.59. The van der Waals surface area contributed by atoms with Crippen molar-refractivity contribution in [3.8, 4) is 11.1 Å². The molecule has 3 aromatic rings. The van der Waals surface area contributed by atoms with Crippen LogP contribution in [0.25, 0.3) is 11.1 Å². The number of nitrogen functional groups attached to an aromatic ring is 1. The van der Waals surface area contributed by atoms with Gasteiger partial charge in [-0.15, -0.1) is 10.2 Å². The van der Waals surface area contributed by atoms with E-state index in [1.165, 1.54) is 0 Å². The average Bonchev–Trinajstić information content (AvgIpc) is 2.83. The Balaban J connectivity index is 0.00000124. The van der Waals surface area contributed by atoms with Crippen LogP contribution in [0.4, 0.5) is 17.2 Å². The number of nitrogens with two attached hydrogens (primary N) is 1. The number of hydrogen-bond acceptors (Lipinski definition) is 6. The molecule has 0 bridgehead atoms. The van der Waals surface area contributed by atoms with Crippen molar-refractivity contribution >= 4 is 23.1 Å². The van der Waals surface area contributed by atoms with Crippen molar-refractivity contribution < 1.29 is 4.79 Å². The van der Waals surface area contributed by atoms with Gasteiger partial charge < -0.3 is 21.3 Å². The molecule has 30 heavy (non-hydrogen) atoms. The fourth-order valence-electron chi connectivity index (χ4n) is 3.17. The molecule has 1 aliphatic rings. The smallest absolute Gasteiger partial charge is 0.276 e. The summed E-state index contributed by atoms with van der Waals surface area (Å²) >= 11 is 0. The summed E-state index contributed by atoms with van der Waals surface area (Å²) < 4.78 is 0. The van der Waals surface area contributed by atoms with Crippen molar-refractivity contribution in [3.05, 3.63) is 66.4 Å². The Hall–Kier alpha value is -3.45. The van der Waals surface area contributed by atoms with Crippen LogP contribution in [0, 0.1) is 0 Å². The number of nitrogens with one attached hydrogen (secondary N) is 2. The number of hydrogen-bond donors (Lipinski definition) is 3. The Morgan fingerprint density at radius 3 is 2.37 bits per heavy atom. The molecule has 0 saturated carbocycles. The third kappa shape index (κ3) is 5.12. The van der Waals surface area contributed by atoms with E-state index in [0.29, 0.717) is 11.4 Å². The number of rotatable bonds is 4. The minimum absolute atomic E-state index is 0.253. The maximum atomic E-state index is 12.6. The molecule has 156 valence electrons. The van der Waals surface area contributed by atoms with Gasteiger partial charge in [-0.05, 0) is 35.4 Å². The van der Waals surface area contributed by atoms with Gasteiger partial charge in [0, 0.05) is 26.2 Å². The highest BCUT2D eigenvalue weighted by atomic mass is 16.1. The van der Waals surface area contributed by atoms with E-state index >= 15 is 0 Å². The van der Waals surface area contributed by atoms with Crippen molar-refractivity contribution in [2.24, 2.45) is 0 Å². The summed E-state index contributed by atoms with van der Waals surface area (Å²) in [5, 5.41) is 14.4. The van der Waals surface area contributed by atoms with E-state index in [1.54, 1.807) is 12.1 Å². The molecule has 1 saturated heterocycles. The zero-order valence-corrected chi connectivity index (χ0v) is 17.4. The molecule has 0 aliphatic carbocycles. The topological polar surface area (TPSA) is 96.2 Å². The number of nitrogens with zero attached hydrogens (tertiary/aromatic N) is 3. The van der Waals surface area contributed by atoms with Crippen LogP contribution in [0.3, 0.4) is 0 Å². The van der Waals surface area contributed by atoms with Crippen molar-refractivity contribution in [3.63, 3.8) is 0 Å². The van der Waals surface area contributed by atoms with Crippen LogP contribution in [0.2, 0.25) is 0 Å². The number of piperazine rings is 1. The van der Waals surface area contributed by atoms with Gasteiger partial charge in [0.1, 0.15) is 0 Å². The zero-order chi connectivity index (χ0) is 21.3. The van der Waals surface area contributed by atoms with Gasteiger partial charge in [0.05, 0.1) is 11.4 Å². The van der Waals surface area contributed by atoms with Crippen molar-refractivity contribution in [1.82, 2.24) is 15.5 Å². The van der Waals surface area contributed by atoms with E-state index in [2.05, 4.69) is 25.7 Å². The monoisotopic (exact) mass is 404 g/mol. The lowest BCUT2D eigenvalue weighted by molar-refractivity contribution is 0.102. The molecule has 2 heterocycles. The van der Waals surface area contributed by atoms with Crippen LogP contribution in [0.1, 0.15) is 24.3 Å². The Kier molecular flexibility index (Phi) is 7.34. The number of carbonyl (C=O) groups excluding carboxylic acids is 1. The molecule has 0 unspecified atom stereocenters. The maximum absolute atomic E-state index is 12.6. The summed E-state index contributed by atoms with van der Waals surface area (Å²) in [7, 11) is 0. The van der Waals surface area contributed by atoms with Gasteiger partial charge in [-0.2, -0.15) is 0 Å².